The van der Waals surface area contributed by atoms with E-state index in [1.807, 2.05) is 0 Å². The molecule has 3 N–H and O–H groups in total. The SMILES string of the molecule is CC1CCN(CC(C)(C)CN)C1CO. The van der Waals surface area contributed by atoms with E-state index in [0.717, 1.165) is 13.1 Å². The second-order valence-electron chi connectivity index (χ2n) is 5.35. The number of nitrogens with zero attached hydrogens (tertiary/aromatic N) is 1. The summed E-state index contributed by atoms with van der Waals surface area (Å²) >= 11 is 0. The first-order chi connectivity index (χ1) is 6.50. The van der Waals surface area contributed by atoms with Gasteiger partial charge in [0.1, 0.15) is 0 Å². The Bertz CT molecular complexity index is 182. The van der Waals surface area contributed by atoms with E-state index in [1.54, 1.807) is 0 Å². The Kier molecular flexibility index (Phi) is 3.93. The first kappa shape index (κ1) is 12.0. The number of likely N-dealkylation sites (tertiary alicyclic amines) is 1. The van der Waals surface area contributed by atoms with Gasteiger partial charge in [-0.15, -0.1) is 0 Å². The molecular formula is C11H24N2O. The lowest BCUT2D eigenvalue weighted by molar-refractivity contribution is 0.105. The van der Waals surface area contributed by atoms with Crippen molar-refractivity contribution in [3.8, 4) is 0 Å². The first-order valence-electron chi connectivity index (χ1n) is 5.55. The van der Waals surface area contributed by atoms with Gasteiger partial charge in [0.2, 0.25) is 0 Å². The molecule has 0 spiro atoms. The van der Waals surface area contributed by atoms with Crippen LogP contribution in [0.2, 0.25) is 0 Å². The van der Waals surface area contributed by atoms with Gasteiger partial charge in [-0.2, -0.15) is 0 Å². The van der Waals surface area contributed by atoms with E-state index in [1.165, 1.54) is 6.42 Å². The zero-order valence-electron chi connectivity index (χ0n) is 9.66. The van der Waals surface area contributed by atoms with Crippen LogP contribution in [0.4, 0.5) is 0 Å². The van der Waals surface area contributed by atoms with Crippen LogP contribution in [0, 0.1) is 11.3 Å². The monoisotopic (exact) mass is 200 g/mol. The minimum absolute atomic E-state index is 0.164. The third-order valence-corrected chi connectivity index (χ3v) is 3.37. The van der Waals surface area contributed by atoms with Crippen LogP contribution in [0.1, 0.15) is 27.2 Å². The van der Waals surface area contributed by atoms with E-state index in [9.17, 15) is 5.11 Å². The Labute approximate surface area is 87.3 Å². The first-order valence-corrected chi connectivity index (χ1v) is 5.55. The summed E-state index contributed by atoms with van der Waals surface area (Å²) in [4.78, 5) is 2.39. The van der Waals surface area contributed by atoms with Crippen molar-refractivity contribution >= 4 is 0 Å². The molecule has 0 aromatic heterocycles. The lowest BCUT2D eigenvalue weighted by Gasteiger charge is -2.33. The maximum Gasteiger partial charge on any atom is 0.0589 e. The summed E-state index contributed by atoms with van der Waals surface area (Å²) < 4.78 is 0. The average Bonchev–Trinajstić information content (AvgIpc) is 2.46. The molecule has 0 radical (unpaired) electrons. The third kappa shape index (κ3) is 2.69. The average molecular weight is 200 g/mol. The van der Waals surface area contributed by atoms with E-state index < -0.39 is 0 Å². The van der Waals surface area contributed by atoms with Crippen LogP contribution in [0.15, 0.2) is 0 Å². The molecule has 84 valence electrons. The Balaban J connectivity index is 2.52. The Morgan fingerprint density at radius 2 is 2.14 bits per heavy atom. The number of hydrogen-bond acceptors (Lipinski definition) is 3. The predicted molar refractivity (Wildman–Crippen MR) is 59.1 cm³/mol. The lowest BCUT2D eigenvalue weighted by Crippen LogP contribution is -2.43. The van der Waals surface area contributed by atoms with Gasteiger partial charge in [-0.25, -0.2) is 0 Å². The summed E-state index contributed by atoms with van der Waals surface area (Å²) in [6.07, 6.45) is 1.20. The van der Waals surface area contributed by atoms with Crippen molar-refractivity contribution in [3.63, 3.8) is 0 Å². The number of aliphatic hydroxyl groups is 1. The zero-order chi connectivity index (χ0) is 10.8. The van der Waals surface area contributed by atoms with Gasteiger partial charge in [-0.1, -0.05) is 20.8 Å². The molecule has 0 aliphatic carbocycles. The smallest absolute Gasteiger partial charge is 0.0589 e. The molecule has 1 rings (SSSR count). The highest BCUT2D eigenvalue weighted by Gasteiger charge is 2.33. The molecule has 1 aliphatic rings. The van der Waals surface area contributed by atoms with Gasteiger partial charge in [0.25, 0.3) is 0 Å². The van der Waals surface area contributed by atoms with Crippen molar-refractivity contribution < 1.29 is 5.11 Å². The Hall–Kier alpha value is -0.120. The maximum atomic E-state index is 9.30. The van der Waals surface area contributed by atoms with Crippen molar-refractivity contribution in [3.05, 3.63) is 0 Å². The normalized spacial score (nSPS) is 29.8. The van der Waals surface area contributed by atoms with Gasteiger partial charge in [0, 0.05) is 12.6 Å². The Morgan fingerprint density at radius 1 is 1.50 bits per heavy atom. The van der Waals surface area contributed by atoms with Crippen LogP contribution in [-0.2, 0) is 0 Å². The van der Waals surface area contributed by atoms with Gasteiger partial charge >= 0.3 is 0 Å². The molecule has 1 saturated heterocycles. The van der Waals surface area contributed by atoms with Crippen molar-refractivity contribution in [2.75, 3.05) is 26.2 Å². The second kappa shape index (κ2) is 4.60. The third-order valence-electron chi connectivity index (χ3n) is 3.37. The molecule has 3 heteroatoms. The molecule has 0 aromatic rings. The van der Waals surface area contributed by atoms with E-state index in [0.29, 0.717) is 18.5 Å². The lowest BCUT2D eigenvalue weighted by atomic mass is 9.92. The van der Waals surface area contributed by atoms with Crippen molar-refractivity contribution in [1.29, 1.82) is 0 Å². The van der Waals surface area contributed by atoms with Crippen molar-refractivity contribution in [2.45, 2.75) is 33.2 Å². The number of aliphatic hydroxyl groups excluding tert-OH is 1. The molecule has 1 fully saturated rings. The molecular weight excluding hydrogens is 176 g/mol. The molecule has 0 saturated carbocycles. The fourth-order valence-electron chi connectivity index (χ4n) is 2.19. The standard InChI is InChI=1S/C11H24N2O/c1-9-4-5-13(10(9)6-14)8-11(2,3)7-12/h9-10,14H,4-8,12H2,1-3H3. The summed E-state index contributed by atoms with van der Waals surface area (Å²) in [6.45, 7) is 9.68. The van der Waals surface area contributed by atoms with Crippen LogP contribution in [-0.4, -0.2) is 42.3 Å². The van der Waals surface area contributed by atoms with Gasteiger partial charge in [0.05, 0.1) is 6.61 Å². The fraction of sp³-hybridized carbons (Fsp3) is 1.00. The van der Waals surface area contributed by atoms with Crippen LogP contribution in [0.3, 0.4) is 0 Å². The minimum Gasteiger partial charge on any atom is -0.395 e. The predicted octanol–water partition coefficient (Wildman–Crippen LogP) is 0.674. The maximum absolute atomic E-state index is 9.30. The largest absolute Gasteiger partial charge is 0.395 e. The van der Waals surface area contributed by atoms with Crippen molar-refractivity contribution in [1.82, 2.24) is 4.90 Å². The summed E-state index contributed by atoms with van der Waals surface area (Å²) in [5.74, 6) is 0.619. The van der Waals surface area contributed by atoms with Gasteiger partial charge < -0.3 is 10.8 Å². The molecule has 1 heterocycles. The van der Waals surface area contributed by atoms with Crippen LogP contribution >= 0.6 is 0 Å². The van der Waals surface area contributed by atoms with Crippen LogP contribution in [0.25, 0.3) is 0 Å². The van der Waals surface area contributed by atoms with Gasteiger partial charge in [-0.3, -0.25) is 4.90 Å². The van der Waals surface area contributed by atoms with Gasteiger partial charge in [0.15, 0.2) is 0 Å². The van der Waals surface area contributed by atoms with Gasteiger partial charge in [-0.05, 0) is 30.8 Å². The van der Waals surface area contributed by atoms with E-state index >= 15 is 0 Å². The highest BCUT2D eigenvalue weighted by atomic mass is 16.3. The quantitative estimate of drug-likeness (QED) is 0.701. The van der Waals surface area contributed by atoms with Crippen molar-refractivity contribution in [2.24, 2.45) is 17.1 Å². The fourth-order valence-corrected chi connectivity index (χ4v) is 2.19. The number of nitrogens with two attached hydrogens (primary N) is 1. The minimum atomic E-state index is 0.164. The Morgan fingerprint density at radius 3 is 2.64 bits per heavy atom. The summed E-state index contributed by atoms with van der Waals surface area (Å²) in [6, 6.07) is 0.348. The summed E-state index contributed by atoms with van der Waals surface area (Å²) in [5.41, 5.74) is 5.88. The van der Waals surface area contributed by atoms with Crippen LogP contribution < -0.4 is 5.73 Å². The topological polar surface area (TPSA) is 49.5 Å². The molecule has 0 aromatic carbocycles. The summed E-state index contributed by atoms with van der Waals surface area (Å²) in [7, 11) is 0. The van der Waals surface area contributed by atoms with E-state index in [-0.39, 0.29) is 12.0 Å². The van der Waals surface area contributed by atoms with E-state index in [2.05, 4.69) is 25.7 Å². The molecule has 2 atom stereocenters. The summed E-state index contributed by atoms with van der Waals surface area (Å²) in [5, 5.41) is 9.30. The van der Waals surface area contributed by atoms with Crippen LogP contribution in [0.5, 0.6) is 0 Å². The molecule has 14 heavy (non-hydrogen) atoms. The van der Waals surface area contributed by atoms with E-state index in [4.69, 9.17) is 5.73 Å². The highest BCUT2D eigenvalue weighted by molar-refractivity contribution is 4.87. The zero-order valence-corrected chi connectivity index (χ0v) is 9.66. The number of rotatable bonds is 4. The molecule has 1 aliphatic heterocycles. The molecule has 0 bridgehead atoms. The molecule has 2 unspecified atom stereocenters. The number of hydrogen-bond donors (Lipinski definition) is 2. The molecule has 3 nitrogen and oxygen atoms in total. The molecule has 0 amide bonds. The second-order valence-corrected chi connectivity index (χ2v) is 5.35. The highest BCUT2D eigenvalue weighted by Crippen LogP contribution is 2.27.